The van der Waals surface area contributed by atoms with E-state index in [-0.39, 0.29) is 30.5 Å². The first kappa shape index (κ1) is 26.0. The fourth-order valence-electron chi connectivity index (χ4n) is 4.15. The second kappa shape index (κ2) is 10.6. The first-order chi connectivity index (χ1) is 18.3. The minimum absolute atomic E-state index is 0.0752. The van der Waals surface area contributed by atoms with Crippen molar-refractivity contribution in [1.82, 2.24) is 34.5 Å². The summed E-state index contributed by atoms with van der Waals surface area (Å²) in [6.45, 7) is 4.99. The summed E-state index contributed by atoms with van der Waals surface area (Å²) in [7, 11) is 1.52. The number of nitrogens with zero attached hydrogens (tertiary/aromatic N) is 7. The van der Waals surface area contributed by atoms with Crippen molar-refractivity contribution in [2.75, 3.05) is 18.2 Å². The lowest BCUT2D eigenvalue weighted by atomic mass is 10.1. The Labute approximate surface area is 223 Å². The summed E-state index contributed by atoms with van der Waals surface area (Å²) in [5.74, 6) is 1.97. The summed E-state index contributed by atoms with van der Waals surface area (Å²) in [6.07, 6.45) is 6.81. The van der Waals surface area contributed by atoms with Crippen LogP contribution in [0.1, 0.15) is 50.9 Å². The van der Waals surface area contributed by atoms with Crippen LogP contribution in [-0.4, -0.2) is 53.0 Å². The molecule has 198 valence electrons. The molecule has 1 saturated carbocycles. The van der Waals surface area contributed by atoms with E-state index in [0.29, 0.717) is 22.8 Å². The highest BCUT2D eigenvalue weighted by molar-refractivity contribution is 7.99. The molecule has 10 nitrogen and oxygen atoms in total. The summed E-state index contributed by atoms with van der Waals surface area (Å²) in [4.78, 5) is 41.4. The molecule has 4 heterocycles. The van der Waals surface area contributed by atoms with Gasteiger partial charge in [0.2, 0.25) is 5.88 Å². The summed E-state index contributed by atoms with van der Waals surface area (Å²) in [6, 6.07) is 3.89. The number of anilines is 1. The van der Waals surface area contributed by atoms with E-state index in [1.165, 1.54) is 38.0 Å². The van der Waals surface area contributed by atoms with Crippen molar-refractivity contribution >= 4 is 28.7 Å². The van der Waals surface area contributed by atoms with Crippen molar-refractivity contribution < 1.29 is 9.13 Å². The van der Waals surface area contributed by atoms with Crippen LogP contribution in [0.2, 0.25) is 0 Å². The molecule has 1 aliphatic carbocycles. The van der Waals surface area contributed by atoms with E-state index in [2.05, 4.69) is 42.1 Å². The van der Waals surface area contributed by atoms with E-state index in [1.807, 2.05) is 12.1 Å². The summed E-state index contributed by atoms with van der Waals surface area (Å²) in [5, 5.41) is 3.06. The zero-order chi connectivity index (χ0) is 26.9. The number of hydrogen-bond acceptors (Lipinski definition) is 10. The van der Waals surface area contributed by atoms with Crippen LogP contribution >= 0.6 is 11.8 Å². The third-order valence-electron chi connectivity index (χ3n) is 5.99. The Morgan fingerprint density at radius 2 is 1.97 bits per heavy atom. The number of nitrogens with one attached hydrogen (secondary N) is 1. The van der Waals surface area contributed by atoms with Gasteiger partial charge in [-0.05, 0) is 44.6 Å². The number of methoxy groups -OCH3 is 1. The van der Waals surface area contributed by atoms with Gasteiger partial charge in [-0.25, -0.2) is 29.3 Å². The van der Waals surface area contributed by atoms with E-state index in [0.717, 1.165) is 34.9 Å². The molecule has 1 fully saturated rings. The van der Waals surface area contributed by atoms with Crippen molar-refractivity contribution in [2.45, 2.75) is 63.2 Å². The first-order valence-electron chi connectivity index (χ1n) is 12.4. The quantitative estimate of drug-likeness (QED) is 0.292. The molecule has 38 heavy (non-hydrogen) atoms. The van der Waals surface area contributed by atoms with Crippen LogP contribution in [0.4, 0.5) is 10.2 Å². The van der Waals surface area contributed by atoms with Crippen molar-refractivity contribution in [3.63, 3.8) is 0 Å². The fraction of sp³-hybridized carbons (Fsp3) is 0.423. The maximum absolute atomic E-state index is 14.9. The number of thioether (sulfide) groups is 1. The molecule has 0 spiro atoms. The Bertz CT molecular complexity index is 1520. The summed E-state index contributed by atoms with van der Waals surface area (Å²) in [5.41, 5.74) is 0.550. The van der Waals surface area contributed by atoms with E-state index >= 15 is 0 Å². The normalized spacial score (nSPS) is 13.6. The molecule has 0 radical (unpaired) electrons. The van der Waals surface area contributed by atoms with E-state index in [1.54, 1.807) is 18.0 Å². The van der Waals surface area contributed by atoms with Crippen molar-refractivity contribution in [3.8, 4) is 17.3 Å². The van der Waals surface area contributed by atoms with Crippen LogP contribution < -0.4 is 15.6 Å². The monoisotopic (exact) mass is 536 g/mol. The van der Waals surface area contributed by atoms with E-state index < -0.39 is 11.2 Å². The predicted molar refractivity (Wildman–Crippen MR) is 144 cm³/mol. The molecule has 4 aromatic rings. The number of hydrogen-bond donors (Lipinski definition) is 1. The highest BCUT2D eigenvalue weighted by Gasteiger charge is 2.32. The van der Waals surface area contributed by atoms with Crippen LogP contribution in [0.5, 0.6) is 5.88 Å². The predicted octanol–water partition coefficient (Wildman–Crippen LogP) is 4.40. The van der Waals surface area contributed by atoms with Crippen molar-refractivity contribution in [2.24, 2.45) is 0 Å². The molecule has 5 rings (SSSR count). The third-order valence-corrected chi connectivity index (χ3v) is 6.85. The van der Waals surface area contributed by atoms with Gasteiger partial charge in [0.25, 0.3) is 5.56 Å². The molecule has 1 aliphatic rings. The van der Waals surface area contributed by atoms with Crippen molar-refractivity contribution in [1.29, 1.82) is 0 Å². The Morgan fingerprint density at radius 3 is 2.63 bits per heavy atom. The number of pyridine rings is 1. The van der Waals surface area contributed by atoms with Crippen LogP contribution in [0, 0.1) is 0 Å². The van der Waals surface area contributed by atoms with E-state index in [9.17, 15) is 9.18 Å². The van der Waals surface area contributed by atoms with Gasteiger partial charge < -0.3 is 10.1 Å². The second-order valence-electron chi connectivity index (χ2n) is 9.66. The molecule has 4 aromatic heterocycles. The van der Waals surface area contributed by atoms with Crippen LogP contribution in [-0.2, 0) is 13.1 Å². The molecule has 0 amide bonds. The maximum atomic E-state index is 14.9. The highest BCUT2D eigenvalue weighted by atomic mass is 32.2. The van der Waals surface area contributed by atoms with Gasteiger partial charge in [0.1, 0.15) is 23.1 Å². The Morgan fingerprint density at radius 1 is 1.16 bits per heavy atom. The molecular weight excluding hydrogens is 507 g/mol. The number of ether oxygens (including phenoxy) is 1. The standard InChI is InChI=1S/C26H29FN8O2S/c1-5-38-17-9-8-16(28-11-17)10-29-22-25(36)35(13-26(2,3)27)23-18(33-22)12-30-21(34-23)19-20(15-6-7-15)31-14-32-24(19)37-4/h8-9,11-12,14-15H,5-7,10,13H2,1-4H3,(H,29,33). The minimum atomic E-state index is -1.68. The van der Waals surface area contributed by atoms with Crippen LogP contribution in [0.25, 0.3) is 22.6 Å². The fourth-order valence-corrected chi connectivity index (χ4v) is 4.77. The molecule has 0 aromatic carbocycles. The second-order valence-corrected chi connectivity index (χ2v) is 11.0. The number of aromatic nitrogens is 7. The third kappa shape index (κ3) is 5.59. The average Bonchev–Trinajstić information content (AvgIpc) is 3.75. The smallest absolute Gasteiger partial charge is 0.295 e. The number of alkyl halides is 1. The van der Waals surface area contributed by atoms with Gasteiger partial charge >= 0.3 is 0 Å². The molecule has 0 unspecified atom stereocenters. The molecule has 0 atom stereocenters. The molecule has 0 saturated heterocycles. The molecule has 0 bridgehead atoms. The molecule has 0 aliphatic heterocycles. The SMILES string of the molecule is CCSc1ccc(CNc2nc3cnc(-c4c(OC)ncnc4C4CC4)nc3n(CC(C)(C)F)c2=O)nc1. The molecule has 1 N–H and O–H groups in total. The average molecular weight is 537 g/mol. The summed E-state index contributed by atoms with van der Waals surface area (Å²) >= 11 is 1.70. The van der Waals surface area contributed by atoms with Gasteiger partial charge in [0.15, 0.2) is 17.3 Å². The highest BCUT2D eigenvalue weighted by Crippen LogP contribution is 2.44. The maximum Gasteiger partial charge on any atom is 0.295 e. The van der Waals surface area contributed by atoms with E-state index in [4.69, 9.17) is 4.74 Å². The first-order valence-corrected chi connectivity index (χ1v) is 13.4. The summed E-state index contributed by atoms with van der Waals surface area (Å²) < 4.78 is 21.7. The molecular formula is C26H29FN8O2S. The largest absolute Gasteiger partial charge is 0.480 e. The zero-order valence-corrected chi connectivity index (χ0v) is 22.5. The van der Waals surface area contributed by atoms with Crippen LogP contribution in [0.3, 0.4) is 0 Å². The van der Waals surface area contributed by atoms with Gasteiger partial charge in [-0.15, -0.1) is 11.8 Å². The number of halogens is 1. The van der Waals surface area contributed by atoms with Gasteiger partial charge in [-0.2, -0.15) is 0 Å². The Kier molecular flexibility index (Phi) is 7.24. The van der Waals surface area contributed by atoms with Gasteiger partial charge in [-0.3, -0.25) is 14.3 Å². The molecule has 12 heteroatoms. The van der Waals surface area contributed by atoms with Gasteiger partial charge in [0.05, 0.1) is 37.8 Å². The zero-order valence-electron chi connectivity index (χ0n) is 21.7. The van der Waals surface area contributed by atoms with Gasteiger partial charge in [0, 0.05) is 17.0 Å². The van der Waals surface area contributed by atoms with Crippen molar-refractivity contribution in [3.05, 3.63) is 52.6 Å². The lowest BCUT2D eigenvalue weighted by Crippen LogP contribution is -2.33. The van der Waals surface area contributed by atoms with Gasteiger partial charge in [-0.1, -0.05) is 6.92 Å². The Hall–Kier alpha value is -3.67. The number of rotatable bonds is 10. The number of fused-ring (bicyclic) bond motifs is 1. The topological polar surface area (TPSA) is 121 Å². The van der Waals surface area contributed by atoms with Crippen LogP contribution in [0.15, 0.2) is 40.5 Å². The Balaban J connectivity index is 1.56. The minimum Gasteiger partial charge on any atom is -0.480 e. The lowest BCUT2D eigenvalue weighted by Gasteiger charge is -2.19. The lowest BCUT2D eigenvalue weighted by molar-refractivity contribution is 0.186.